The number of aryl methyl sites for hydroxylation is 1. The topological polar surface area (TPSA) is 47.1 Å². The molecular weight excluding hydrogens is 224 g/mol. The minimum absolute atomic E-state index is 0.266. The first kappa shape index (κ1) is 12.2. The molecule has 4 nitrogen and oxygen atoms in total. The van der Waals surface area contributed by atoms with Gasteiger partial charge in [0.15, 0.2) is 0 Å². The molecule has 1 aromatic rings. The van der Waals surface area contributed by atoms with Crippen molar-refractivity contribution in [2.45, 2.75) is 63.7 Å². The minimum atomic E-state index is 0.266. The second-order valence-corrected chi connectivity index (χ2v) is 5.70. The Morgan fingerprint density at radius 1 is 1.33 bits per heavy atom. The lowest BCUT2D eigenvalue weighted by Crippen LogP contribution is -2.40. The molecule has 1 saturated carbocycles. The van der Waals surface area contributed by atoms with E-state index in [9.17, 15) is 0 Å². The number of aromatic nitrogens is 2. The monoisotopic (exact) mass is 248 g/mol. The van der Waals surface area contributed by atoms with Gasteiger partial charge in [0.05, 0.1) is 12.2 Å². The third-order valence-corrected chi connectivity index (χ3v) is 4.30. The molecule has 2 atom stereocenters. The molecule has 1 aromatic heterocycles. The molecule has 2 fully saturated rings. The molecule has 4 heteroatoms. The molecular formula is C14H24N4. The molecule has 2 heterocycles. The Kier molecular flexibility index (Phi) is 3.39. The van der Waals surface area contributed by atoms with Crippen molar-refractivity contribution < 1.29 is 0 Å². The van der Waals surface area contributed by atoms with Crippen molar-refractivity contribution in [3.8, 4) is 0 Å². The standard InChI is InChI=1S/C14H24N4/c1-2-17-10-11(9-16-17)14-13(15)5-3-4-8-18(14)12-6-7-12/h9-10,12-14H,2-8,15H2,1H3. The van der Waals surface area contributed by atoms with Crippen LogP contribution in [-0.4, -0.2) is 33.3 Å². The van der Waals surface area contributed by atoms with E-state index in [1.165, 1.54) is 37.8 Å². The molecule has 0 aromatic carbocycles. The van der Waals surface area contributed by atoms with E-state index in [-0.39, 0.29) is 6.04 Å². The maximum absolute atomic E-state index is 6.44. The zero-order valence-corrected chi connectivity index (χ0v) is 11.3. The first-order chi connectivity index (χ1) is 8.79. The summed E-state index contributed by atoms with van der Waals surface area (Å²) >= 11 is 0. The summed E-state index contributed by atoms with van der Waals surface area (Å²) < 4.78 is 2.01. The molecule has 1 aliphatic heterocycles. The SMILES string of the molecule is CCn1cc(C2C(N)CCCCN2C2CC2)cn1. The summed E-state index contributed by atoms with van der Waals surface area (Å²) in [5.41, 5.74) is 7.76. The van der Waals surface area contributed by atoms with Crippen LogP contribution in [-0.2, 0) is 6.54 Å². The van der Waals surface area contributed by atoms with Crippen LogP contribution in [0.2, 0.25) is 0 Å². The third-order valence-electron chi connectivity index (χ3n) is 4.30. The fraction of sp³-hybridized carbons (Fsp3) is 0.786. The molecule has 0 radical (unpaired) electrons. The molecule has 2 aliphatic rings. The van der Waals surface area contributed by atoms with Crippen LogP contribution in [0.1, 0.15) is 50.6 Å². The second kappa shape index (κ2) is 5.02. The van der Waals surface area contributed by atoms with Gasteiger partial charge in [0.1, 0.15) is 0 Å². The van der Waals surface area contributed by atoms with Gasteiger partial charge < -0.3 is 5.73 Å². The highest BCUT2D eigenvalue weighted by Crippen LogP contribution is 2.38. The number of hydrogen-bond donors (Lipinski definition) is 1. The highest BCUT2D eigenvalue weighted by atomic mass is 15.3. The Morgan fingerprint density at radius 2 is 2.17 bits per heavy atom. The van der Waals surface area contributed by atoms with Gasteiger partial charge in [-0.15, -0.1) is 0 Å². The number of hydrogen-bond acceptors (Lipinski definition) is 3. The van der Waals surface area contributed by atoms with Crippen molar-refractivity contribution >= 4 is 0 Å². The highest BCUT2D eigenvalue weighted by molar-refractivity contribution is 5.15. The third kappa shape index (κ3) is 2.31. The van der Waals surface area contributed by atoms with Gasteiger partial charge in [0.2, 0.25) is 0 Å². The summed E-state index contributed by atoms with van der Waals surface area (Å²) in [7, 11) is 0. The molecule has 100 valence electrons. The summed E-state index contributed by atoms with van der Waals surface area (Å²) in [6.07, 6.45) is 10.6. The fourth-order valence-electron chi connectivity index (χ4n) is 3.18. The lowest BCUT2D eigenvalue weighted by Gasteiger charge is -2.32. The lowest BCUT2D eigenvalue weighted by atomic mass is 9.99. The normalized spacial score (nSPS) is 30.3. The van der Waals surface area contributed by atoms with Crippen molar-refractivity contribution in [3.05, 3.63) is 18.0 Å². The zero-order chi connectivity index (χ0) is 12.5. The van der Waals surface area contributed by atoms with Crippen LogP contribution < -0.4 is 5.73 Å². The molecule has 2 unspecified atom stereocenters. The predicted octanol–water partition coefficient (Wildman–Crippen LogP) is 1.92. The molecule has 0 amide bonds. The summed E-state index contributed by atoms with van der Waals surface area (Å²) in [5, 5.41) is 4.42. The van der Waals surface area contributed by atoms with Gasteiger partial charge in [-0.2, -0.15) is 5.10 Å². The molecule has 0 bridgehead atoms. The fourth-order valence-corrected chi connectivity index (χ4v) is 3.18. The zero-order valence-electron chi connectivity index (χ0n) is 11.3. The van der Waals surface area contributed by atoms with E-state index in [1.807, 2.05) is 10.9 Å². The van der Waals surface area contributed by atoms with Crippen molar-refractivity contribution in [1.29, 1.82) is 0 Å². The van der Waals surface area contributed by atoms with Crippen LogP contribution in [0, 0.1) is 0 Å². The Bertz CT molecular complexity index is 396. The lowest BCUT2D eigenvalue weighted by molar-refractivity contribution is 0.175. The van der Waals surface area contributed by atoms with Crippen LogP contribution in [0.25, 0.3) is 0 Å². The predicted molar refractivity (Wildman–Crippen MR) is 72.2 cm³/mol. The minimum Gasteiger partial charge on any atom is -0.326 e. The Hall–Kier alpha value is -0.870. The van der Waals surface area contributed by atoms with Crippen molar-refractivity contribution in [1.82, 2.24) is 14.7 Å². The maximum Gasteiger partial charge on any atom is 0.0538 e. The Labute approximate surface area is 109 Å². The van der Waals surface area contributed by atoms with E-state index in [0.29, 0.717) is 6.04 Å². The average Bonchev–Trinajstić information content (AvgIpc) is 3.13. The van der Waals surface area contributed by atoms with Gasteiger partial charge in [-0.1, -0.05) is 6.42 Å². The molecule has 2 N–H and O–H groups in total. The highest BCUT2D eigenvalue weighted by Gasteiger charge is 2.38. The molecule has 18 heavy (non-hydrogen) atoms. The Balaban J connectivity index is 1.87. The number of nitrogens with two attached hydrogens (primary N) is 1. The van der Waals surface area contributed by atoms with E-state index in [4.69, 9.17) is 5.73 Å². The van der Waals surface area contributed by atoms with Crippen LogP contribution in [0.4, 0.5) is 0 Å². The second-order valence-electron chi connectivity index (χ2n) is 5.70. The van der Waals surface area contributed by atoms with E-state index in [2.05, 4.69) is 23.1 Å². The van der Waals surface area contributed by atoms with Gasteiger partial charge in [0.25, 0.3) is 0 Å². The largest absolute Gasteiger partial charge is 0.326 e. The molecule has 0 spiro atoms. The van der Waals surface area contributed by atoms with Crippen LogP contribution >= 0.6 is 0 Å². The Morgan fingerprint density at radius 3 is 2.83 bits per heavy atom. The quantitative estimate of drug-likeness (QED) is 0.889. The van der Waals surface area contributed by atoms with Gasteiger partial charge >= 0.3 is 0 Å². The number of nitrogens with zero attached hydrogens (tertiary/aromatic N) is 3. The van der Waals surface area contributed by atoms with Crippen LogP contribution in [0.15, 0.2) is 12.4 Å². The molecule has 3 rings (SSSR count). The van der Waals surface area contributed by atoms with Gasteiger partial charge in [-0.05, 0) is 39.2 Å². The van der Waals surface area contributed by atoms with Crippen molar-refractivity contribution in [2.24, 2.45) is 5.73 Å². The summed E-state index contributed by atoms with van der Waals surface area (Å²) in [6.45, 7) is 4.27. The summed E-state index contributed by atoms with van der Waals surface area (Å²) in [4.78, 5) is 2.65. The van der Waals surface area contributed by atoms with Crippen molar-refractivity contribution in [3.63, 3.8) is 0 Å². The van der Waals surface area contributed by atoms with Crippen LogP contribution in [0.3, 0.4) is 0 Å². The van der Waals surface area contributed by atoms with Gasteiger partial charge in [0, 0.05) is 30.4 Å². The van der Waals surface area contributed by atoms with E-state index in [1.54, 1.807) is 0 Å². The molecule has 1 aliphatic carbocycles. The molecule has 1 saturated heterocycles. The number of likely N-dealkylation sites (tertiary alicyclic amines) is 1. The average molecular weight is 248 g/mol. The summed E-state index contributed by atoms with van der Waals surface area (Å²) in [6, 6.07) is 1.44. The first-order valence-corrected chi connectivity index (χ1v) is 7.33. The smallest absolute Gasteiger partial charge is 0.0538 e. The van der Waals surface area contributed by atoms with E-state index in [0.717, 1.165) is 19.0 Å². The van der Waals surface area contributed by atoms with Gasteiger partial charge in [-0.25, -0.2) is 0 Å². The maximum atomic E-state index is 6.44. The summed E-state index contributed by atoms with van der Waals surface area (Å²) in [5.74, 6) is 0. The van der Waals surface area contributed by atoms with E-state index >= 15 is 0 Å². The van der Waals surface area contributed by atoms with Crippen molar-refractivity contribution in [2.75, 3.05) is 6.54 Å². The van der Waals surface area contributed by atoms with Gasteiger partial charge in [-0.3, -0.25) is 9.58 Å². The first-order valence-electron chi connectivity index (χ1n) is 7.33. The van der Waals surface area contributed by atoms with Crippen LogP contribution in [0.5, 0.6) is 0 Å². The number of rotatable bonds is 3. The van der Waals surface area contributed by atoms with E-state index < -0.39 is 0 Å².